The topological polar surface area (TPSA) is 6.48 Å². The molecule has 10 saturated carbocycles. The maximum Gasteiger partial charge on any atom is 0.0133 e. The largest absolute Gasteiger partial charge is 0.294 e. The first kappa shape index (κ1) is 43.8. The number of hydrogen-bond acceptors (Lipinski definition) is 2. The second-order valence-corrected chi connectivity index (χ2v) is 26.1. The maximum absolute atomic E-state index is 3.43. The van der Waals surface area contributed by atoms with E-state index in [9.17, 15) is 0 Å². The van der Waals surface area contributed by atoms with Crippen molar-refractivity contribution in [3.8, 4) is 0 Å². The molecular weight excluding hydrogens is 725 g/mol. The highest BCUT2D eigenvalue weighted by Crippen LogP contribution is 2.56. The number of fused-ring (bicyclic) bond motifs is 1. The molecule has 0 aliphatic heterocycles. The molecule has 342 valence electrons. The van der Waals surface area contributed by atoms with Gasteiger partial charge in [-0.05, 0) is 231 Å². The summed E-state index contributed by atoms with van der Waals surface area (Å²) in [5.41, 5.74) is 0. The molecule has 0 aromatic carbocycles. The van der Waals surface area contributed by atoms with E-state index in [1.54, 1.807) is 103 Å². The molecule has 10 aliphatic carbocycles. The predicted molar refractivity (Wildman–Crippen MR) is 255 cm³/mol. The summed E-state index contributed by atoms with van der Waals surface area (Å²) in [6.45, 7) is 10.4. The van der Waals surface area contributed by atoms with Crippen LogP contribution in [0.25, 0.3) is 0 Å². The van der Waals surface area contributed by atoms with Crippen molar-refractivity contribution < 1.29 is 0 Å². The zero-order chi connectivity index (χ0) is 40.7. The lowest BCUT2D eigenvalue weighted by atomic mass is 9.56. The van der Waals surface area contributed by atoms with Gasteiger partial charge in [0, 0.05) is 36.3 Å². The predicted octanol–water partition coefficient (Wildman–Crippen LogP) is 15.9. The van der Waals surface area contributed by atoms with Crippen molar-refractivity contribution in [1.82, 2.24) is 9.80 Å². The maximum atomic E-state index is 3.43. The quantitative estimate of drug-likeness (QED) is 0.217. The summed E-state index contributed by atoms with van der Waals surface area (Å²) in [5, 5.41) is 0. The Bertz CT molecular complexity index is 1280. The third-order valence-electron chi connectivity index (χ3n) is 22.6. The minimum absolute atomic E-state index is 0.887. The number of nitrogens with zero attached hydrogens (tertiary/aromatic N) is 2. The molecular formula is C58H100N2. The fourth-order valence-electron chi connectivity index (χ4n) is 19.1. The van der Waals surface area contributed by atoms with Crippen molar-refractivity contribution >= 4 is 0 Å². The highest BCUT2D eigenvalue weighted by Gasteiger charge is 2.51. The minimum atomic E-state index is 0.887. The fraction of sp³-hybridized carbons (Fsp3) is 1.00. The molecule has 0 aromatic heterocycles. The van der Waals surface area contributed by atoms with Gasteiger partial charge < -0.3 is 0 Å². The van der Waals surface area contributed by atoms with E-state index < -0.39 is 0 Å². The lowest BCUT2D eigenvalue weighted by Gasteiger charge is -2.59. The molecule has 0 bridgehead atoms. The van der Waals surface area contributed by atoms with Crippen molar-refractivity contribution in [2.45, 2.75) is 282 Å². The first-order valence-corrected chi connectivity index (χ1v) is 28.9. The molecule has 10 rings (SSSR count). The Balaban J connectivity index is 0.808. The van der Waals surface area contributed by atoms with Gasteiger partial charge in [-0.25, -0.2) is 0 Å². The molecule has 60 heavy (non-hydrogen) atoms. The Kier molecular flexibility index (Phi) is 14.5. The summed E-state index contributed by atoms with van der Waals surface area (Å²) < 4.78 is 0. The normalized spacial score (nSPS) is 49.8. The van der Waals surface area contributed by atoms with Crippen LogP contribution >= 0.6 is 0 Å². The van der Waals surface area contributed by atoms with E-state index in [1.165, 1.54) is 116 Å². The Morgan fingerprint density at radius 1 is 0.250 bits per heavy atom. The molecule has 0 heterocycles. The molecule has 0 radical (unpaired) electrons. The van der Waals surface area contributed by atoms with Crippen molar-refractivity contribution in [1.29, 1.82) is 0 Å². The van der Waals surface area contributed by atoms with Crippen LogP contribution in [0, 0.1) is 82.9 Å². The van der Waals surface area contributed by atoms with Crippen molar-refractivity contribution in [2.24, 2.45) is 82.9 Å². The molecule has 10 aliphatic rings. The van der Waals surface area contributed by atoms with Crippen molar-refractivity contribution in [3.63, 3.8) is 0 Å². The standard InChI is InChI=1S/C58H100N2/c1-39-19-23-43(24-20-39)46-35-47(36-46)45-27-29-51(30-28-45)60(52-14-8-11-41(3)33-52)58-18-10-15-55-56(58)16-9-17-57(55)59(50-12-6-5-7-13-50)53-31-32-54(42(4)34-53)49-37-48(38-49)44-25-21-40(2)22-26-44/h39-58H,5-38H2,1-4H3. The van der Waals surface area contributed by atoms with E-state index in [1.807, 2.05) is 0 Å². The van der Waals surface area contributed by atoms with E-state index in [0.29, 0.717) is 0 Å². The van der Waals surface area contributed by atoms with Gasteiger partial charge in [-0.2, -0.15) is 0 Å². The zero-order valence-electron chi connectivity index (χ0n) is 40.5. The molecule has 2 nitrogen and oxygen atoms in total. The van der Waals surface area contributed by atoms with Gasteiger partial charge in [-0.15, -0.1) is 0 Å². The molecule has 0 amide bonds. The van der Waals surface area contributed by atoms with E-state index in [4.69, 9.17) is 0 Å². The van der Waals surface area contributed by atoms with Gasteiger partial charge in [0.2, 0.25) is 0 Å². The van der Waals surface area contributed by atoms with E-state index >= 15 is 0 Å². The SMILES string of the molecule is CC1CCC(C2CC(C3CCC(N(C4CCCC(C)C4)C4CCCC5C4CCCC5N(C4CCCCC4)C4CCC(C5CC(C6CCC(C)CC6)C5)C(C)C4)CC3)C2)CC1. The number of rotatable bonds is 10. The first-order chi connectivity index (χ1) is 29.4. The lowest BCUT2D eigenvalue weighted by Crippen LogP contribution is -2.62. The minimum Gasteiger partial charge on any atom is -0.294 e. The summed E-state index contributed by atoms with van der Waals surface area (Å²) in [5.74, 6) is 14.5. The van der Waals surface area contributed by atoms with E-state index in [0.717, 1.165) is 119 Å². The molecule has 10 fully saturated rings. The van der Waals surface area contributed by atoms with Crippen LogP contribution in [0.3, 0.4) is 0 Å². The third-order valence-corrected chi connectivity index (χ3v) is 22.6. The Labute approximate surface area is 373 Å². The molecule has 0 spiro atoms. The highest BCUT2D eigenvalue weighted by molar-refractivity contribution is 5.05. The average molecular weight is 825 g/mol. The fourth-order valence-corrected chi connectivity index (χ4v) is 19.1. The zero-order valence-corrected chi connectivity index (χ0v) is 40.5. The van der Waals surface area contributed by atoms with Gasteiger partial charge in [0.15, 0.2) is 0 Å². The van der Waals surface area contributed by atoms with Gasteiger partial charge >= 0.3 is 0 Å². The van der Waals surface area contributed by atoms with Crippen molar-refractivity contribution in [2.75, 3.05) is 0 Å². The molecule has 0 aromatic rings. The van der Waals surface area contributed by atoms with Crippen molar-refractivity contribution in [3.05, 3.63) is 0 Å². The first-order valence-electron chi connectivity index (χ1n) is 28.9. The second kappa shape index (κ2) is 19.8. The van der Waals surface area contributed by atoms with Gasteiger partial charge in [0.1, 0.15) is 0 Å². The Morgan fingerprint density at radius 2 is 0.683 bits per heavy atom. The lowest BCUT2D eigenvalue weighted by molar-refractivity contribution is -0.0904. The second-order valence-electron chi connectivity index (χ2n) is 26.1. The molecule has 0 saturated heterocycles. The third kappa shape index (κ3) is 9.45. The van der Waals surface area contributed by atoms with Crippen LogP contribution < -0.4 is 0 Å². The number of hydrogen-bond donors (Lipinski definition) is 0. The summed E-state index contributed by atoms with van der Waals surface area (Å²) in [6.07, 6.45) is 52.5. The van der Waals surface area contributed by atoms with E-state index in [-0.39, 0.29) is 0 Å². The van der Waals surface area contributed by atoms with E-state index in [2.05, 4.69) is 37.5 Å². The smallest absolute Gasteiger partial charge is 0.0133 e. The van der Waals surface area contributed by atoms with Crippen LogP contribution in [-0.4, -0.2) is 46.1 Å². The Morgan fingerprint density at radius 3 is 1.20 bits per heavy atom. The monoisotopic (exact) mass is 825 g/mol. The highest BCUT2D eigenvalue weighted by atomic mass is 15.2. The van der Waals surface area contributed by atoms with Gasteiger partial charge in [-0.3, -0.25) is 9.80 Å². The average Bonchev–Trinajstić information content (AvgIpc) is 3.23. The summed E-state index contributed by atoms with van der Waals surface area (Å²) in [6, 6.07) is 5.36. The summed E-state index contributed by atoms with van der Waals surface area (Å²) in [7, 11) is 0. The summed E-state index contributed by atoms with van der Waals surface area (Å²) in [4.78, 5) is 6.85. The van der Waals surface area contributed by atoms with Crippen LogP contribution in [0.5, 0.6) is 0 Å². The Hall–Kier alpha value is -0.0800. The van der Waals surface area contributed by atoms with Gasteiger partial charge in [0.05, 0.1) is 0 Å². The molecule has 9 atom stereocenters. The van der Waals surface area contributed by atoms with Crippen LogP contribution in [-0.2, 0) is 0 Å². The molecule has 2 heteroatoms. The van der Waals surface area contributed by atoms with Gasteiger partial charge in [0.25, 0.3) is 0 Å². The summed E-state index contributed by atoms with van der Waals surface area (Å²) >= 11 is 0. The van der Waals surface area contributed by atoms with Crippen LogP contribution in [0.4, 0.5) is 0 Å². The van der Waals surface area contributed by atoms with Crippen LogP contribution in [0.1, 0.15) is 246 Å². The molecule has 9 unspecified atom stereocenters. The van der Waals surface area contributed by atoms with Crippen LogP contribution in [0.15, 0.2) is 0 Å². The van der Waals surface area contributed by atoms with Gasteiger partial charge in [-0.1, -0.05) is 98.3 Å². The molecule has 0 N–H and O–H groups in total. The van der Waals surface area contributed by atoms with Crippen LogP contribution in [0.2, 0.25) is 0 Å².